The van der Waals surface area contributed by atoms with Crippen LogP contribution in [0.1, 0.15) is 24.5 Å². The molecule has 0 saturated carbocycles. The molecule has 0 spiro atoms. The summed E-state index contributed by atoms with van der Waals surface area (Å²) in [6.45, 7) is 3.35. The number of fused-ring (bicyclic) bond motifs is 1. The van der Waals surface area contributed by atoms with Crippen LogP contribution in [0.15, 0.2) is 36.8 Å². The van der Waals surface area contributed by atoms with Gasteiger partial charge in [0.25, 0.3) is 0 Å². The molecule has 0 N–H and O–H groups in total. The molecule has 0 amide bonds. The number of hydrogen-bond donors (Lipinski definition) is 0. The van der Waals surface area contributed by atoms with Crippen molar-refractivity contribution in [1.82, 2.24) is 19.9 Å². The highest BCUT2D eigenvalue weighted by atomic mass is 35.5. The molecule has 2 fully saturated rings. The van der Waals surface area contributed by atoms with E-state index in [0.717, 1.165) is 67.4 Å². The summed E-state index contributed by atoms with van der Waals surface area (Å²) in [5.41, 5.74) is 1.93. The molecule has 0 atom stereocenters. The van der Waals surface area contributed by atoms with Crippen LogP contribution < -0.4 is 9.80 Å². The molecule has 4 heterocycles. The first-order chi connectivity index (χ1) is 14.2. The monoisotopic (exact) mass is 405 g/mol. The summed E-state index contributed by atoms with van der Waals surface area (Å²) >= 11 is 6.04. The number of nitrogens with zero attached hydrogens (tertiary/aromatic N) is 7. The zero-order valence-corrected chi connectivity index (χ0v) is 16.6. The van der Waals surface area contributed by atoms with Gasteiger partial charge in [0.05, 0.1) is 17.3 Å². The van der Waals surface area contributed by atoms with Crippen molar-refractivity contribution in [2.24, 2.45) is 5.92 Å². The lowest BCUT2D eigenvalue weighted by Crippen LogP contribution is -2.47. The average molecular weight is 406 g/mol. The van der Waals surface area contributed by atoms with Gasteiger partial charge < -0.3 is 9.80 Å². The van der Waals surface area contributed by atoms with Crippen molar-refractivity contribution in [1.29, 1.82) is 5.26 Å². The molecule has 0 unspecified atom stereocenters. The molecule has 29 heavy (non-hydrogen) atoms. The zero-order valence-electron chi connectivity index (χ0n) is 15.9. The Hall–Kier alpha value is -2.98. The van der Waals surface area contributed by atoms with Gasteiger partial charge >= 0.3 is 0 Å². The zero-order chi connectivity index (χ0) is 19.8. The van der Waals surface area contributed by atoms with E-state index in [2.05, 4.69) is 35.8 Å². The number of piperidine rings is 1. The molecule has 3 aromatic rings. The van der Waals surface area contributed by atoms with Gasteiger partial charge in [0.15, 0.2) is 5.82 Å². The minimum absolute atomic E-state index is 0.158. The highest BCUT2D eigenvalue weighted by Crippen LogP contribution is 2.34. The summed E-state index contributed by atoms with van der Waals surface area (Å²) < 4.78 is 0. The second-order valence-corrected chi connectivity index (χ2v) is 8.07. The summed E-state index contributed by atoms with van der Waals surface area (Å²) in [6, 6.07) is 8.03. The fraction of sp³-hybridized carbons (Fsp3) is 0.381. The molecule has 7 nitrogen and oxygen atoms in total. The topological polar surface area (TPSA) is 81.8 Å². The van der Waals surface area contributed by atoms with Gasteiger partial charge in [0, 0.05) is 67.0 Å². The van der Waals surface area contributed by atoms with E-state index in [0.29, 0.717) is 10.9 Å². The van der Waals surface area contributed by atoms with Gasteiger partial charge in [-0.25, -0.2) is 15.0 Å². The van der Waals surface area contributed by atoms with Crippen LogP contribution >= 0.6 is 11.6 Å². The van der Waals surface area contributed by atoms with Crippen LogP contribution in [-0.4, -0.2) is 46.1 Å². The molecular weight excluding hydrogens is 386 g/mol. The number of halogens is 1. The highest BCUT2D eigenvalue weighted by Gasteiger charge is 2.34. The maximum Gasteiger partial charge on any atom is 0.225 e. The predicted molar refractivity (Wildman–Crippen MR) is 112 cm³/mol. The smallest absolute Gasteiger partial charge is 0.225 e. The summed E-state index contributed by atoms with van der Waals surface area (Å²) in [7, 11) is 0. The molecule has 5 rings (SSSR count). The number of anilines is 2. The van der Waals surface area contributed by atoms with Crippen LogP contribution in [0.2, 0.25) is 5.02 Å². The lowest BCUT2D eigenvalue weighted by molar-refractivity contribution is 0.472. The fourth-order valence-electron chi connectivity index (χ4n) is 4.06. The normalized spacial score (nSPS) is 17.9. The average Bonchev–Trinajstić information content (AvgIpc) is 2.73. The van der Waals surface area contributed by atoms with E-state index < -0.39 is 0 Å². The third-order valence-electron chi connectivity index (χ3n) is 5.76. The van der Waals surface area contributed by atoms with Crippen molar-refractivity contribution in [2.75, 3.05) is 36.0 Å². The van der Waals surface area contributed by atoms with Crippen molar-refractivity contribution in [3.8, 4) is 6.07 Å². The molecular formula is C21H20ClN7. The first-order valence-electron chi connectivity index (χ1n) is 9.84. The van der Waals surface area contributed by atoms with Crippen LogP contribution in [0, 0.1) is 17.2 Å². The lowest BCUT2D eigenvalue weighted by Gasteiger charge is -2.40. The summed E-state index contributed by atoms with van der Waals surface area (Å²) in [5.74, 6) is 2.15. The van der Waals surface area contributed by atoms with Gasteiger partial charge in [-0.1, -0.05) is 11.6 Å². The molecule has 2 aromatic heterocycles. The maximum absolute atomic E-state index is 9.13. The number of nitriles is 1. The standard InChI is InChI=1S/C21H20ClN7/c22-17-1-2-18-15(9-17)11-26-21(27-18)29-12-16(13-29)19-20(25-6-5-24-19)28-7-3-14(10-23)4-8-28/h1-2,5-6,9,11,14,16H,3-4,7-8,12-13H2. The Morgan fingerprint density at radius 1 is 1.03 bits per heavy atom. The summed E-state index contributed by atoms with van der Waals surface area (Å²) in [5, 5.41) is 10.8. The van der Waals surface area contributed by atoms with E-state index in [1.165, 1.54) is 0 Å². The van der Waals surface area contributed by atoms with Crippen molar-refractivity contribution in [3.05, 3.63) is 47.5 Å². The van der Waals surface area contributed by atoms with Crippen molar-refractivity contribution in [3.63, 3.8) is 0 Å². The van der Waals surface area contributed by atoms with E-state index in [-0.39, 0.29) is 5.92 Å². The summed E-state index contributed by atoms with van der Waals surface area (Å²) in [4.78, 5) is 22.9. The third kappa shape index (κ3) is 3.45. The Bertz CT molecular complexity index is 1080. The second kappa shape index (κ2) is 7.45. The maximum atomic E-state index is 9.13. The highest BCUT2D eigenvalue weighted by molar-refractivity contribution is 6.31. The quantitative estimate of drug-likeness (QED) is 0.660. The van der Waals surface area contributed by atoms with Crippen LogP contribution in [0.3, 0.4) is 0 Å². The van der Waals surface area contributed by atoms with Gasteiger partial charge in [-0.15, -0.1) is 0 Å². The second-order valence-electron chi connectivity index (χ2n) is 7.63. The first kappa shape index (κ1) is 18.1. The Morgan fingerprint density at radius 2 is 1.83 bits per heavy atom. The number of hydrogen-bond acceptors (Lipinski definition) is 7. The first-order valence-corrected chi connectivity index (χ1v) is 10.2. The minimum atomic E-state index is 0.158. The molecule has 8 heteroatoms. The van der Waals surface area contributed by atoms with Crippen LogP contribution in [0.4, 0.5) is 11.8 Å². The van der Waals surface area contributed by atoms with E-state index in [4.69, 9.17) is 16.9 Å². The molecule has 2 saturated heterocycles. The molecule has 0 aliphatic carbocycles. The van der Waals surface area contributed by atoms with Crippen LogP contribution in [-0.2, 0) is 0 Å². The molecule has 1 aromatic carbocycles. The van der Waals surface area contributed by atoms with Crippen LogP contribution in [0.5, 0.6) is 0 Å². The Balaban J connectivity index is 1.31. The van der Waals surface area contributed by atoms with Gasteiger partial charge in [0.2, 0.25) is 5.95 Å². The predicted octanol–water partition coefficient (Wildman–Crippen LogP) is 3.42. The Kier molecular flexibility index (Phi) is 4.64. The van der Waals surface area contributed by atoms with Crippen LogP contribution in [0.25, 0.3) is 10.9 Å². The van der Waals surface area contributed by atoms with Crippen molar-refractivity contribution >= 4 is 34.3 Å². The number of rotatable bonds is 3. The largest absolute Gasteiger partial charge is 0.355 e. The van der Waals surface area contributed by atoms with Gasteiger partial charge in [-0.3, -0.25) is 4.98 Å². The van der Waals surface area contributed by atoms with E-state index in [1.807, 2.05) is 24.4 Å². The number of aromatic nitrogens is 4. The van der Waals surface area contributed by atoms with Crippen molar-refractivity contribution < 1.29 is 0 Å². The molecule has 0 bridgehead atoms. The Labute approximate surface area is 174 Å². The number of benzene rings is 1. The SMILES string of the molecule is N#CC1CCN(c2nccnc2C2CN(c3ncc4cc(Cl)ccc4n3)C2)CC1. The van der Waals surface area contributed by atoms with E-state index >= 15 is 0 Å². The third-order valence-corrected chi connectivity index (χ3v) is 6.00. The Morgan fingerprint density at radius 3 is 2.62 bits per heavy atom. The lowest BCUT2D eigenvalue weighted by atomic mass is 9.94. The fourth-order valence-corrected chi connectivity index (χ4v) is 4.24. The van der Waals surface area contributed by atoms with Gasteiger partial charge in [-0.05, 0) is 31.0 Å². The minimum Gasteiger partial charge on any atom is -0.355 e. The van der Waals surface area contributed by atoms with Gasteiger partial charge in [-0.2, -0.15) is 5.26 Å². The molecule has 146 valence electrons. The van der Waals surface area contributed by atoms with Crippen molar-refractivity contribution in [2.45, 2.75) is 18.8 Å². The van der Waals surface area contributed by atoms with E-state index in [1.54, 1.807) is 12.4 Å². The molecule has 2 aliphatic rings. The van der Waals surface area contributed by atoms with Gasteiger partial charge in [0.1, 0.15) is 0 Å². The molecule has 0 radical (unpaired) electrons. The van der Waals surface area contributed by atoms with E-state index in [9.17, 15) is 0 Å². The summed E-state index contributed by atoms with van der Waals surface area (Å²) in [6.07, 6.45) is 7.11. The molecule has 2 aliphatic heterocycles.